The summed E-state index contributed by atoms with van der Waals surface area (Å²) in [7, 11) is 0. The minimum Gasteiger partial charge on any atom is -0.480 e. The van der Waals surface area contributed by atoms with Crippen molar-refractivity contribution in [3.8, 4) is 0 Å². The Morgan fingerprint density at radius 3 is 2.43 bits per heavy atom. The summed E-state index contributed by atoms with van der Waals surface area (Å²) in [5, 5.41) is 29.8. The number of aliphatic carboxylic acids is 1. The molecule has 1 aromatic carbocycles. The molecular weight excluding hydrogens is 294 g/mol. The van der Waals surface area contributed by atoms with Crippen LogP contribution >= 0.6 is 0 Å². The zero-order valence-electron chi connectivity index (χ0n) is 10.4. The van der Waals surface area contributed by atoms with E-state index in [-0.39, 0.29) is 12.5 Å². The molecule has 0 spiro atoms. The molecule has 114 valence electrons. The van der Waals surface area contributed by atoms with Gasteiger partial charge in [0.25, 0.3) is 5.91 Å². The zero-order valence-corrected chi connectivity index (χ0v) is 10.4. The molecule has 0 radical (unpaired) electrons. The molecule has 1 rings (SSSR count). The minimum absolute atomic E-state index is 0.162. The molecule has 21 heavy (non-hydrogen) atoms. The number of hydrogen-bond acceptors (Lipinski definition) is 5. The summed E-state index contributed by atoms with van der Waals surface area (Å²) in [4.78, 5) is 31.9. The van der Waals surface area contributed by atoms with E-state index >= 15 is 0 Å². The Bertz CT molecular complexity index is 592. The van der Waals surface area contributed by atoms with Crippen LogP contribution in [0.1, 0.15) is 16.8 Å². The van der Waals surface area contributed by atoms with Gasteiger partial charge in [-0.2, -0.15) is 4.39 Å². The lowest BCUT2D eigenvalue weighted by molar-refractivity contribution is -0.387. The zero-order chi connectivity index (χ0) is 16.2. The average Bonchev–Trinajstić information content (AvgIpc) is 2.37. The number of rotatable bonds is 6. The van der Waals surface area contributed by atoms with Crippen LogP contribution in [-0.4, -0.2) is 39.7 Å². The fourth-order valence-electron chi connectivity index (χ4n) is 1.47. The van der Waals surface area contributed by atoms with Gasteiger partial charge in [-0.1, -0.05) is 0 Å². The highest BCUT2D eigenvalue weighted by Crippen LogP contribution is 2.21. The number of carbonyl (C=O) groups is 2. The largest absolute Gasteiger partial charge is 0.480 e. The normalized spacial score (nSPS) is 11.8. The summed E-state index contributed by atoms with van der Waals surface area (Å²) in [5.41, 5.74) is -1.98. The molecule has 3 N–H and O–H groups in total. The molecule has 1 amide bonds. The summed E-state index contributed by atoms with van der Waals surface area (Å²) >= 11 is 0. The first kappa shape index (κ1) is 16.4. The van der Waals surface area contributed by atoms with E-state index in [0.717, 1.165) is 0 Å². The van der Waals surface area contributed by atoms with Crippen LogP contribution in [0.25, 0.3) is 0 Å². The Labute approximate surface area is 116 Å². The highest BCUT2D eigenvalue weighted by atomic mass is 19.1. The van der Waals surface area contributed by atoms with E-state index in [0.29, 0.717) is 6.07 Å². The van der Waals surface area contributed by atoms with Gasteiger partial charge in [-0.05, 0) is 0 Å². The summed E-state index contributed by atoms with van der Waals surface area (Å²) in [6.45, 7) is -0.552. The van der Waals surface area contributed by atoms with Crippen molar-refractivity contribution >= 4 is 17.6 Å². The number of nitrogens with one attached hydrogen (secondary N) is 1. The number of aliphatic hydroxyl groups is 1. The van der Waals surface area contributed by atoms with Gasteiger partial charge in [-0.15, -0.1) is 0 Å². The smallest absolute Gasteiger partial charge is 0.326 e. The Balaban J connectivity index is 3.09. The number of nitro benzene ring substituents is 1. The quantitative estimate of drug-likeness (QED) is 0.516. The maximum absolute atomic E-state index is 13.5. The molecule has 1 atom stereocenters. The molecule has 8 nitrogen and oxygen atoms in total. The van der Waals surface area contributed by atoms with E-state index in [9.17, 15) is 28.5 Å². The van der Waals surface area contributed by atoms with Gasteiger partial charge in [0, 0.05) is 25.2 Å². The summed E-state index contributed by atoms with van der Waals surface area (Å²) in [6, 6.07) is -0.974. The number of amides is 1. The number of carbonyl (C=O) groups excluding carboxylic acids is 1. The molecule has 0 fully saturated rings. The number of hydrogen-bond donors (Lipinski definition) is 3. The van der Waals surface area contributed by atoms with Gasteiger partial charge in [0.05, 0.1) is 10.5 Å². The lowest BCUT2D eigenvalue weighted by Gasteiger charge is -2.13. The first-order chi connectivity index (χ1) is 9.77. The minimum atomic E-state index is -1.51. The van der Waals surface area contributed by atoms with Crippen molar-refractivity contribution in [3.05, 3.63) is 39.4 Å². The van der Waals surface area contributed by atoms with E-state index in [4.69, 9.17) is 10.2 Å². The van der Waals surface area contributed by atoms with E-state index in [1.54, 1.807) is 0 Å². The average molecular weight is 304 g/mol. The lowest BCUT2D eigenvalue weighted by Crippen LogP contribution is -2.41. The molecule has 10 heteroatoms. The van der Waals surface area contributed by atoms with Crippen LogP contribution in [0.5, 0.6) is 0 Å². The molecule has 0 aromatic heterocycles. The van der Waals surface area contributed by atoms with Crippen LogP contribution < -0.4 is 5.32 Å². The van der Waals surface area contributed by atoms with Crippen LogP contribution in [0.15, 0.2) is 12.1 Å². The highest BCUT2D eigenvalue weighted by molar-refractivity contribution is 5.97. The molecule has 0 heterocycles. The lowest BCUT2D eigenvalue weighted by atomic mass is 10.1. The van der Waals surface area contributed by atoms with E-state index < -0.39 is 52.3 Å². The second kappa shape index (κ2) is 6.70. The first-order valence-corrected chi connectivity index (χ1v) is 5.56. The number of halogens is 2. The molecule has 0 saturated carbocycles. The molecule has 1 aromatic rings. The number of nitrogens with zero attached hydrogens (tertiary/aromatic N) is 1. The second-order valence-electron chi connectivity index (χ2n) is 3.92. The Hall–Kier alpha value is -2.62. The topological polar surface area (TPSA) is 130 Å². The third-order valence-electron chi connectivity index (χ3n) is 2.50. The second-order valence-corrected chi connectivity index (χ2v) is 3.92. The standard InChI is InChI=1S/C11H10F2N2O6/c12-6-4-7(13)9(15(20)21)3-5(6)10(17)14-8(1-2-16)11(18)19/h3-4,8,16H,1-2H2,(H,14,17)(H,18,19). The fraction of sp³-hybridized carbons (Fsp3) is 0.273. The summed E-state index contributed by atoms with van der Waals surface area (Å²) < 4.78 is 26.6. The summed E-state index contributed by atoms with van der Waals surface area (Å²) in [5.74, 6) is -5.58. The predicted octanol–water partition coefficient (Wildman–Crippen LogP) is 0.438. The number of benzene rings is 1. The molecule has 0 aliphatic heterocycles. The van der Waals surface area contributed by atoms with E-state index in [2.05, 4.69) is 0 Å². The van der Waals surface area contributed by atoms with Crippen LogP contribution in [0, 0.1) is 21.7 Å². The van der Waals surface area contributed by atoms with Crippen molar-refractivity contribution in [2.24, 2.45) is 0 Å². The maximum atomic E-state index is 13.5. The van der Waals surface area contributed by atoms with Gasteiger partial charge in [-0.3, -0.25) is 14.9 Å². The maximum Gasteiger partial charge on any atom is 0.326 e. The Kier molecular flexibility index (Phi) is 5.24. The molecule has 0 saturated heterocycles. The third kappa shape index (κ3) is 3.92. The van der Waals surface area contributed by atoms with E-state index in [1.165, 1.54) is 0 Å². The van der Waals surface area contributed by atoms with Crippen molar-refractivity contribution in [2.75, 3.05) is 6.61 Å². The van der Waals surface area contributed by atoms with Crippen molar-refractivity contribution in [3.63, 3.8) is 0 Å². The van der Waals surface area contributed by atoms with Gasteiger partial charge in [-0.25, -0.2) is 9.18 Å². The highest BCUT2D eigenvalue weighted by Gasteiger charge is 2.25. The third-order valence-corrected chi connectivity index (χ3v) is 2.50. The van der Waals surface area contributed by atoms with Crippen molar-refractivity contribution in [2.45, 2.75) is 12.5 Å². The van der Waals surface area contributed by atoms with Crippen LogP contribution in [0.4, 0.5) is 14.5 Å². The molecule has 0 bridgehead atoms. The van der Waals surface area contributed by atoms with Crippen molar-refractivity contribution in [1.82, 2.24) is 5.32 Å². The predicted molar refractivity (Wildman–Crippen MR) is 63.6 cm³/mol. The molecule has 1 unspecified atom stereocenters. The van der Waals surface area contributed by atoms with Gasteiger partial charge in [0.1, 0.15) is 11.9 Å². The monoisotopic (exact) mass is 304 g/mol. The first-order valence-electron chi connectivity index (χ1n) is 5.56. The number of nitro groups is 1. The SMILES string of the molecule is O=C(NC(CCO)C(=O)O)c1cc([N+](=O)[O-])c(F)cc1F. The van der Waals surface area contributed by atoms with Crippen LogP contribution in [0.3, 0.4) is 0 Å². The van der Waals surface area contributed by atoms with Crippen LogP contribution in [-0.2, 0) is 4.79 Å². The summed E-state index contributed by atoms with van der Waals surface area (Å²) in [6.07, 6.45) is -0.341. The number of carboxylic acid groups (broad SMARTS) is 1. The van der Waals surface area contributed by atoms with Crippen LogP contribution in [0.2, 0.25) is 0 Å². The number of aliphatic hydroxyl groups excluding tert-OH is 1. The number of carboxylic acids is 1. The van der Waals surface area contributed by atoms with Gasteiger partial charge >= 0.3 is 11.7 Å². The Morgan fingerprint density at radius 2 is 1.95 bits per heavy atom. The van der Waals surface area contributed by atoms with Gasteiger partial charge in [0.2, 0.25) is 5.82 Å². The molecular formula is C11H10F2N2O6. The van der Waals surface area contributed by atoms with E-state index in [1.807, 2.05) is 5.32 Å². The molecule has 0 aliphatic carbocycles. The molecule has 0 aliphatic rings. The van der Waals surface area contributed by atoms with Gasteiger partial charge in [0.15, 0.2) is 0 Å². The van der Waals surface area contributed by atoms with Crippen molar-refractivity contribution in [1.29, 1.82) is 0 Å². The Morgan fingerprint density at radius 1 is 1.33 bits per heavy atom. The fourth-order valence-corrected chi connectivity index (χ4v) is 1.47. The van der Waals surface area contributed by atoms with Gasteiger partial charge < -0.3 is 15.5 Å². The van der Waals surface area contributed by atoms with Crippen molar-refractivity contribution < 1.29 is 33.5 Å².